The summed E-state index contributed by atoms with van der Waals surface area (Å²) in [7, 11) is 0. The van der Waals surface area contributed by atoms with E-state index >= 15 is 0 Å². The van der Waals surface area contributed by atoms with Crippen LogP contribution in [-0.4, -0.2) is 13.2 Å². The van der Waals surface area contributed by atoms with Crippen molar-refractivity contribution in [3.05, 3.63) is 23.8 Å². The molecule has 17 heavy (non-hydrogen) atoms. The Labute approximate surface area is 105 Å². The lowest BCUT2D eigenvalue weighted by atomic mass is 10.1. The zero-order chi connectivity index (χ0) is 12.7. The van der Waals surface area contributed by atoms with Crippen molar-refractivity contribution >= 4 is 5.69 Å². The molecular formula is C15H25NO. The van der Waals surface area contributed by atoms with E-state index in [1.807, 2.05) is 0 Å². The van der Waals surface area contributed by atoms with Crippen LogP contribution in [0, 0.1) is 12.8 Å². The van der Waals surface area contributed by atoms with Crippen LogP contribution in [0.3, 0.4) is 0 Å². The molecule has 1 N–H and O–H groups in total. The van der Waals surface area contributed by atoms with Gasteiger partial charge in [-0.15, -0.1) is 0 Å². The maximum atomic E-state index is 5.76. The number of hydrogen-bond acceptors (Lipinski definition) is 2. The minimum Gasteiger partial charge on any atom is -0.491 e. The van der Waals surface area contributed by atoms with Gasteiger partial charge in [0.1, 0.15) is 5.75 Å². The predicted octanol–water partition coefficient (Wildman–Crippen LogP) is 4.24. The Morgan fingerprint density at radius 2 is 2.06 bits per heavy atom. The van der Waals surface area contributed by atoms with Crippen molar-refractivity contribution in [2.45, 2.75) is 40.5 Å². The molecule has 0 aliphatic carbocycles. The second-order valence-electron chi connectivity index (χ2n) is 4.96. The van der Waals surface area contributed by atoms with E-state index in [4.69, 9.17) is 4.74 Å². The van der Waals surface area contributed by atoms with Crippen LogP contribution in [0.15, 0.2) is 18.2 Å². The summed E-state index contributed by atoms with van der Waals surface area (Å²) in [5.74, 6) is 1.71. The minimum absolute atomic E-state index is 0.730. The maximum Gasteiger partial charge on any atom is 0.142 e. The van der Waals surface area contributed by atoms with Gasteiger partial charge in [-0.25, -0.2) is 0 Å². The molecule has 1 rings (SSSR count). The molecule has 0 aliphatic heterocycles. The highest BCUT2D eigenvalue weighted by Gasteiger charge is 2.03. The molecule has 0 saturated heterocycles. The molecule has 0 aromatic heterocycles. The van der Waals surface area contributed by atoms with Crippen LogP contribution in [0.1, 0.15) is 39.2 Å². The van der Waals surface area contributed by atoms with E-state index in [0.717, 1.165) is 36.9 Å². The van der Waals surface area contributed by atoms with Crippen LogP contribution >= 0.6 is 0 Å². The zero-order valence-corrected chi connectivity index (χ0v) is 11.5. The third-order valence-corrected chi connectivity index (χ3v) is 2.64. The predicted molar refractivity (Wildman–Crippen MR) is 74.9 cm³/mol. The van der Waals surface area contributed by atoms with Gasteiger partial charge in [0, 0.05) is 6.54 Å². The summed E-state index contributed by atoms with van der Waals surface area (Å²) in [4.78, 5) is 0. The van der Waals surface area contributed by atoms with E-state index in [1.54, 1.807) is 0 Å². The number of rotatable bonds is 7. The van der Waals surface area contributed by atoms with Gasteiger partial charge in [-0.05, 0) is 43.4 Å². The summed E-state index contributed by atoms with van der Waals surface area (Å²) in [5, 5.41) is 3.46. The Morgan fingerprint density at radius 3 is 2.71 bits per heavy atom. The van der Waals surface area contributed by atoms with E-state index in [9.17, 15) is 0 Å². The Morgan fingerprint density at radius 1 is 1.29 bits per heavy atom. The molecule has 0 spiro atoms. The molecule has 0 fully saturated rings. The van der Waals surface area contributed by atoms with Crippen molar-refractivity contribution in [1.82, 2.24) is 0 Å². The van der Waals surface area contributed by atoms with E-state index in [1.165, 1.54) is 12.0 Å². The average Bonchev–Trinajstić information content (AvgIpc) is 2.28. The summed E-state index contributed by atoms with van der Waals surface area (Å²) >= 11 is 0. The van der Waals surface area contributed by atoms with Gasteiger partial charge in [-0.2, -0.15) is 0 Å². The molecule has 0 amide bonds. The highest BCUT2D eigenvalue weighted by atomic mass is 16.5. The number of nitrogens with one attached hydrogen (secondary N) is 1. The summed E-state index contributed by atoms with van der Waals surface area (Å²) in [6, 6.07) is 6.34. The van der Waals surface area contributed by atoms with Gasteiger partial charge in [0.15, 0.2) is 0 Å². The molecule has 0 bridgehead atoms. The molecule has 0 radical (unpaired) electrons. The summed E-state index contributed by atoms with van der Waals surface area (Å²) < 4.78 is 5.76. The van der Waals surface area contributed by atoms with Crippen LogP contribution < -0.4 is 10.1 Å². The standard InChI is InChI=1S/C15H25NO/c1-5-10-17-15-11-13(4)6-7-14(15)16-9-8-12(2)3/h6-7,11-12,16H,5,8-10H2,1-4H3. The van der Waals surface area contributed by atoms with Crippen molar-refractivity contribution < 1.29 is 4.74 Å². The monoisotopic (exact) mass is 235 g/mol. The molecule has 1 aromatic rings. The summed E-state index contributed by atoms with van der Waals surface area (Å²) in [6.07, 6.45) is 2.22. The molecule has 2 nitrogen and oxygen atoms in total. The van der Waals surface area contributed by atoms with Gasteiger partial charge >= 0.3 is 0 Å². The lowest BCUT2D eigenvalue weighted by Crippen LogP contribution is -2.07. The van der Waals surface area contributed by atoms with E-state index < -0.39 is 0 Å². The van der Waals surface area contributed by atoms with Crippen LogP contribution in [0.2, 0.25) is 0 Å². The highest BCUT2D eigenvalue weighted by Crippen LogP contribution is 2.26. The first-order chi connectivity index (χ1) is 8.13. The maximum absolute atomic E-state index is 5.76. The van der Waals surface area contributed by atoms with Gasteiger partial charge in [-0.3, -0.25) is 0 Å². The quantitative estimate of drug-likeness (QED) is 0.763. The number of ether oxygens (including phenoxy) is 1. The van der Waals surface area contributed by atoms with Crippen LogP contribution in [-0.2, 0) is 0 Å². The van der Waals surface area contributed by atoms with E-state index in [-0.39, 0.29) is 0 Å². The summed E-state index contributed by atoms with van der Waals surface area (Å²) in [6.45, 7) is 10.5. The molecular weight excluding hydrogens is 210 g/mol. The van der Waals surface area contributed by atoms with Gasteiger partial charge in [0.2, 0.25) is 0 Å². The zero-order valence-electron chi connectivity index (χ0n) is 11.5. The molecule has 2 heteroatoms. The SMILES string of the molecule is CCCOc1cc(C)ccc1NCCC(C)C. The molecule has 96 valence electrons. The molecule has 0 heterocycles. The lowest BCUT2D eigenvalue weighted by molar-refractivity contribution is 0.318. The molecule has 1 aromatic carbocycles. The fourth-order valence-electron chi connectivity index (χ4n) is 1.60. The van der Waals surface area contributed by atoms with Crippen molar-refractivity contribution in [3.63, 3.8) is 0 Å². The van der Waals surface area contributed by atoms with Crippen molar-refractivity contribution in [2.24, 2.45) is 5.92 Å². The van der Waals surface area contributed by atoms with Crippen molar-refractivity contribution in [3.8, 4) is 5.75 Å². The fraction of sp³-hybridized carbons (Fsp3) is 0.600. The Balaban J connectivity index is 2.62. The van der Waals surface area contributed by atoms with E-state index in [2.05, 4.69) is 51.2 Å². The Bertz CT molecular complexity index is 334. The fourth-order valence-corrected chi connectivity index (χ4v) is 1.60. The Kier molecular flexibility index (Phi) is 5.88. The molecule has 0 aliphatic rings. The largest absolute Gasteiger partial charge is 0.491 e. The first-order valence-electron chi connectivity index (χ1n) is 6.60. The van der Waals surface area contributed by atoms with Gasteiger partial charge < -0.3 is 10.1 Å². The smallest absolute Gasteiger partial charge is 0.142 e. The summed E-state index contributed by atoms with van der Waals surface area (Å²) in [5.41, 5.74) is 2.36. The van der Waals surface area contributed by atoms with Crippen LogP contribution in [0.5, 0.6) is 5.75 Å². The lowest BCUT2D eigenvalue weighted by Gasteiger charge is -2.14. The van der Waals surface area contributed by atoms with Crippen molar-refractivity contribution in [1.29, 1.82) is 0 Å². The topological polar surface area (TPSA) is 21.3 Å². The molecule has 0 saturated carbocycles. The van der Waals surface area contributed by atoms with Crippen molar-refractivity contribution in [2.75, 3.05) is 18.5 Å². The number of aryl methyl sites for hydroxylation is 1. The van der Waals surface area contributed by atoms with Crippen LogP contribution in [0.25, 0.3) is 0 Å². The highest BCUT2D eigenvalue weighted by molar-refractivity contribution is 5.57. The Hall–Kier alpha value is -1.18. The number of hydrogen-bond donors (Lipinski definition) is 1. The van der Waals surface area contributed by atoms with Gasteiger partial charge in [0.25, 0.3) is 0 Å². The first-order valence-corrected chi connectivity index (χ1v) is 6.60. The van der Waals surface area contributed by atoms with Gasteiger partial charge in [0.05, 0.1) is 12.3 Å². The minimum atomic E-state index is 0.730. The van der Waals surface area contributed by atoms with E-state index in [0.29, 0.717) is 0 Å². The third kappa shape index (κ3) is 5.12. The second kappa shape index (κ2) is 7.21. The number of anilines is 1. The first kappa shape index (κ1) is 13.9. The van der Waals surface area contributed by atoms with Crippen LogP contribution in [0.4, 0.5) is 5.69 Å². The normalized spacial score (nSPS) is 10.6. The third-order valence-electron chi connectivity index (χ3n) is 2.64. The molecule has 0 unspecified atom stereocenters. The second-order valence-corrected chi connectivity index (χ2v) is 4.96. The molecule has 0 atom stereocenters. The van der Waals surface area contributed by atoms with Gasteiger partial charge in [-0.1, -0.05) is 26.8 Å². The number of benzene rings is 1. The average molecular weight is 235 g/mol.